The molecule has 3 rings (SSSR count). The van der Waals surface area contributed by atoms with E-state index in [1.807, 2.05) is 11.3 Å². The van der Waals surface area contributed by atoms with Gasteiger partial charge in [-0.05, 0) is 34.5 Å². The van der Waals surface area contributed by atoms with Crippen LogP contribution in [0.4, 0.5) is 0 Å². The van der Waals surface area contributed by atoms with E-state index in [0.29, 0.717) is 0 Å². The highest BCUT2D eigenvalue weighted by atomic mass is 32.1. The molecule has 0 saturated carbocycles. The largest absolute Gasteiger partial charge is 0.306 e. The summed E-state index contributed by atoms with van der Waals surface area (Å²) in [4.78, 5) is 0. The van der Waals surface area contributed by atoms with E-state index in [9.17, 15) is 0 Å². The lowest BCUT2D eigenvalue weighted by atomic mass is 9.98. The number of rotatable bonds is 4. The predicted molar refractivity (Wildman–Crippen MR) is 83.8 cm³/mol. The highest BCUT2D eigenvalue weighted by Crippen LogP contribution is 2.33. The van der Waals surface area contributed by atoms with Gasteiger partial charge in [-0.1, -0.05) is 55.5 Å². The van der Waals surface area contributed by atoms with Crippen LogP contribution in [0.25, 0.3) is 10.1 Å². The van der Waals surface area contributed by atoms with Crippen molar-refractivity contribution in [2.75, 3.05) is 6.54 Å². The molecule has 0 bridgehead atoms. The quantitative estimate of drug-likeness (QED) is 0.728. The second kappa shape index (κ2) is 5.55. The Labute approximate surface area is 117 Å². The summed E-state index contributed by atoms with van der Waals surface area (Å²) >= 11 is 1.82. The van der Waals surface area contributed by atoms with Gasteiger partial charge in [-0.3, -0.25) is 0 Å². The van der Waals surface area contributed by atoms with Crippen LogP contribution in [0.2, 0.25) is 0 Å². The first-order chi connectivity index (χ1) is 9.40. The summed E-state index contributed by atoms with van der Waals surface area (Å²) in [5.74, 6) is 0. The van der Waals surface area contributed by atoms with E-state index in [4.69, 9.17) is 0 Å². The minimum Gasteiger partial charge on any atom is -0.306 e. The third-order valence-electron chi connectivity index (χ3n) is 3.36. The lowest BCUT2D eigenvalue weighted by Gasteiger charge is -2.18. The number of fused-ring (bicyclic) bond motifs is 1. The lowest BCUT2D eigenvalue weighted by Crippen LogP contribution is -2.21. The van der Waals surface area contributed by atoms with Crippen LogP contribution in [-0.2, 0) is 0 Å². The first-order valence-electron chi connectivity index (χ1n) is 6.64. The van der Waals surface area contributed by atoms with Crippen molar-refractivity contribution in [3.8, 4) is 0 Å². The molecule has 96 valence electrons. The summed E-state index contributed by atoms with van der Waals surface area (Å²) in [6.45, 7) is 3.12. The van der Waals surface area contributed by atoms with Crippen LogP contribution in [-0.4, -0.2) is 6.54 Å². The van der Waals surface area contributed by atoms with E-state index < -0.39 is 0 Å². The van der Waals surface area contributed by atoms with Crippen molar-refractivity contribution in [3.05, 3.63) is 71.1 Å². The molecule has 3 aromatic rings. The second-order valence-electron chi connectivity index (χ2n) is 4.59. The van der Waals surface area contributed by atoms with E-state index in [2.05, 4.69) is 72.2 Å². The molecule has 1 heterocycles. The van der Waals surface area contributed by atoms with Crippen molar-refractivity contribution in [1.29, 1.82) is 0 Å². The summed E-state index contributed by atoms with van der Waals surface area (Å²) in [5.41, 5.74) is 2.71. The number of nitrogens with one attached hydrogen (secondary N) is 1. The van der Waals surface area contributed by atoms with E-state index in [0.717, 1.165) is 6.54 Å². The van der Waals surface area contributed by atoms with Crippen LogP contribution in [0.3, 0.4) is 0 Å². The maximum Gasteiger partial charge on any atom is 0.0591 e. The molecule has 2 aromatic carbocycles. The fourth-order valence-corrected chi connectivity index (χ4v) is 3.47. The van der Waals surface area contributed by atoms with E-state index >= 15 is 0 Å². The van der Waals surface area contributed by atoms with Gasteiger partial charge < -0.3 is 5.32 Å². The minimum atomic E-state index is 0.280. The molecule has 0 aliphatic rings. The van der Waals surface area contributed by atoms with Crippen LogP contribution in [0, 0.1) is 0 Å². The van der Waals surface area contributed by atoms with Crippen molar-refractivity contribution < 1.29 is 0 Å². The highest BCUT2D eigenvalue weighted by molar-refractivity contribution is 7.17. The molecule has 1 atom stereocenters. The van der Waals surface area contributed by atoms with Crippen LogP contribution in [0.1, 0.15) is 24.1 Å². The van der Waals surface area contributed by atoms with Gasteiger partial charge in [-0.2, -0.15) is 0 Å². The molecule has 1 unspecified atom stereocenters. The predicted octanol–water partition coefficient (Wildman–Crippen LogP) is 4.60. The Balaban J connectivity index is 2.10. The standard InChI is InChI=1S/C17H17NS/c1-2-18-17(13-8-4-3-5-9-13)15-12-19-16-11-7-6-10-14(15)16/h3-12,17-18H,2H2,1H3. The normalized spacial score (nSPS) is 12.7. The van der Waals surface area contributed by atoms with E-state index in [-0.39, 0.29) is 6.04 Å². The molecule has 0 saturated heterocycles. The Morgan fingerprint density at radius 3 is 2.53 bits per heavy atom. The highest BCUT2D eigenvalue weighted by Gasteiger charge is 2.16. The smallest absolute Gasteiger partial charge is 0.0591 e. The zero-order chi connectivity index (χ0) is 13.1. The zero-order valence-corrected chi connectivity index (χ0v) is 11.8. The molecule has 0 fully saturated rings. The average molecular weight is 267 g/mol. The summed E-state index contributed by atoms with van der Waals surface area (Å²) < 4.78 is 1.36. The van der Waals surface area contributed by atoms with Gasteiger partial charge in [-0.15, -0.1) is 11.3 Å². The second-order valence-corrected chi connectivity index (χ2v) is 5.50. The fourth-order valence-electron chi connectivity index (χ4n) is 2.48. The summed E-state index contributed by atoms with van der Waals surface area (Å²) in [6, 6.07) is 19.6. The van der Waals surface area contributed by atoms with Gasteiger partial charge in [0.15, 0.2) is 0 Å². The molecule has 2 heteroatoms. The van der Waals surface area contributed by atoms with E-state index in [1.165, 1.54) is 21.2 Å². The first-order valence-corrected chi connectivity index (χ1v) is 7.52. The molecule has 19 heavy (non-hydrogen) atoms. The lowest BCUT2D eigenvalue weighted by molar-refractivity contribution is 0.636. The molecular weight excluding hydrogens is 250 g/mol. The summed E-state index contributed by atoms with van der Waals surface area (Å²) in [6.07, 6.45) is 0. The maximum absolute atomic E-state index is 3.60. The maximum atomic E-state index is 3.60. The van der Waals surface area contributed by atoms with Crippen molar-refractivity contribution in [2.24, 2.45) is 0 Å². The molecular formula is C17H17NS. The van der Waals surface area contributed by atoms with E-state index in [1.54, 1.807) is 0 Å². The van der Waals surface area contributed by atoms with Gasteiger partial charge in [0.1, 0.15) is 0 Å². The van der Waals surface area contributed by atoms with Gasteiger partial charge in [0, 0.05) is 4.70 Å². The van der Waals surface area contributed by atoms with Crippen LogP contribution < -0.4 is 5.32 Å². The molecule has 1 aromatic heterocycles. The average Bonchev–Trinajstić information content (AvgIpc) is 2.89. The minimum absolute atomic E-state index is 0.280. The first kappa shape index (κ1) is 12.4. The third-order valence-corrected chi connectivity index (χ3v) is 4.34. The molecule has 0 aliphatic heterocycles. The van der Waals surface area contributed by atoms with Gasteiger partial charge in [-0.25, -0.2) is 0 Å². The van der Waals surface area contributed by atoms with Crippen molar-refractivity contribution in [3.63, 3.8) is 0 Å². The summed E-state index contributed by atoms with van der Waals surface area (Å²) in [5, 5.41) is 7.25. The fraction of sp³-hybridized carbons (Fsp3) is 0.176. The number of thiophene rings is 1. The third kappa shape index (κ3) is 2.42. The van der Waals surface area contributed by atoms with Gasteiger partial charge in [0.25, 0.3) is 0 Å². The van der Waals surface area contributed by atoms with Crippen LogP contribution >= 0.6 is 11.3 Å². The Morgan fingerprint density at radius 1 is 1.00 bits per heavy atom. The Kier molecular flexibility index (Phi) is 3.62. The van der Waals surface area contributed by atoms with Gasteiger partial charge in [0.05, 0.1) is 6.04 Å². The van der Waals surface area contributed by atoms with Crippen molar-refractivity contribution >= 4 is 21.4 Å². The Hall–Kier alpha value is -1.64. The molecule has 1 nitrogen and oxygen atoms in total. The topological polar surface area (TPSA) is 12.0 Å². The van der Waals surface area contributed by atoms with Gasteiger partial charge >= 0.3 is 0 Å². The molecule has 0 spiro atoms. The number of hydrogen-bond acceptors (Lipinski definition) is 2. The zero-order valence-electron chi connectivity index (χ0n) is 11.0. The summed E-state index contributed by atoms with van der Waals surface area (Å²) in [7, 11) is 0. The molecule has 0 aliphatic carbocycles. The number of benzene rings is 2. The number of hydrogen-bond donors (Lipinski definition) is 1. The van der Waals surface area contributed by atoms with Crippen molar-refractivity contribution in [2.45, 2.75) is 13.0 Å². The molecule has 1 N–H and O–H groups in total. The molecule has 0 radical (unpaired) electrons. The van der Waals surface area contributed by atoms with Crippen molar-refractivity contribution in [1.82, 2.24) is 5.32 Å². The SMILES string of the molecule is CCNC(c1ccccc1)c1csc2ccccc12. The van der Waals surface area contributed by atoms with Crippen LogP contribution in [0.5, 0.6) is 0 Å². The Bertz CT molecular complexity index is 657. The van der Waals surface area contributed by atoms with Crippen LogP contribution in [0.15, 0.2) is 60.0 Å². The molecule has 0 amide bonds. The monoisotopic (exact) mass is 267 g/mol. The van der Waals surface area contributed by atoms with Gasteiger partial charge in [0.2, 0.25) is 0 Å². The Morgan fingerprint density at radius 2 is 1.74 bits per heavy atom.